The van der Waals surface area contributed by atoms with Crippen LogP contribution >= 0.6 is 0 Å². The van der Waals surface area contributed by atoms with Crippen molar-refractivity contribution >= 4 is 23.6 Å². The summed E-state index contributed by atoms with van der Waals surface area (Å²) in [6, 6.07) is 10.8. The molecule has 2 aromatic carbocycles. The van der Waals surface area contributed by atoms with Gasteiger partial charge >= 0.3 is 24.5 Å². The number of benzene rings is 2. The van der Waals surface area contributed by atoms with E-state index in [0.717, 1.165) is 36.4 Å². The number of anilines is 2. The number of alkyl halides is 6. The molecule has 0 spiro atoms. The number of carbonyl (C=O) groups excluding carboxylic acids is 2. The van der Waals surface area contributed by atoms with E-state index < -0.39 is 35.7 Å². The highest BCUT2D eigenvalue weighted by atomic mass is 19.4. The summed E-state index contributed by atoms with van der Waals surface area (Å²) in [5, 5.41) is 4.31. The first-order valence-corrected chi connectivity index (χ1v) is 9.70. The SMILES string of the molecule is O=C(Nc1cccc(C(F)(F)F)c1)OCc1ccc(COC(=O)Nc2cccc(C(F)(F)F)c2)o1. The highest BCUT2D eigenvalue weighted by Gasteiger charge is 2.31. The molecule has 2 amide bonds. The van der Waals surface area contributed by atoms with E-state index in [1.54, 1.807) is 0 Å². The summed E-state index contributed by atoms with van der Waals surface area (Å²) >= 11 is 0. The fraction of sp³-hybridized carbons (Fsp3) is 0.182. The number of furan rings is 1. The summed E-state index contributed by atoms with van der Waals surface area (Å²) in [6.07, 6.45) is -11.2. The zero-order chi connectivity index (χ0) is 25.6. The lowest BCUT2D eigenvalue weighted by atomic mass is 10.2. The highest BCUT2D eigenvalue weighted by Crippen LogP contribution is 2.31. The van der Waals surface area contributed by atoms with Gasteiger partial charge in [-0.3, -0.25) is 10.6 Å². The Morgan fingerprint density at radius 3 is 1.46 bits per heavy atom. The fourth-order valence-corrected chi connectivity index (χ4v) is 2.71. The lowest BCUT2D eigenvalue weighted by Crippen LogP contribution is -2.14. The second-order valence-electron chi connectivity index (χ2n) is 6.93. The van der Waals surface area contributed by atoms with E-state index in [1.165, 1.54) is 24.3 Å². The molecule has 3 aromatic rings. The lowest BCUT2D eigenvalue weighted by molar-refractivity contribution is -0.138. The standard InChI is InChI=1S/C22H16F6N2O5/c23-21(24,25)13-3-1-5-15(9-13)29-19(31)33-11-17-7-8-18(35-17)12-34-20(32)30-16-6-2-4-14(10-16)22(26,27)28/h1-10H,11-12H2,(H,29,31)(H,30,32). The van der Waals surface area contributed by atoms with Crippen molar-refractivity contribution in [1.82, 2.24) is 0 Å². The van der Waals surface area contributed by atoms with Gasteiger partial charge in [0.1, 0.15) is 11.5 Å². The third-order valence-corrected chi connectivity index (χ3v) is 4.28. The minimum absolute atomic E-state index is 0.120. The van der Waals surface area contributed by atoms with Crippen LogP contribution in [0.5, 0.6) is 0 Å². The number of hydrogen-bond acceptors (Lipinski definition) is 5. The van der Waals surface area contributed by atoms with Crippen molar-refractivity contribution in [3.8, 4) is 0 Å². The average molecular weight is 502 g/mol. The van der Waals surface area contributed by atoms with Crippen molar-refractivity contribution in [3.05, 3.63) is 83.3 Å². The molecule has 0 unspecified atom stereocenters. The quantitative estimate of drug-likeness (QED) is 0.361. The number of ether oxygens (including phenoxy) is 2. The van der Waals surface area contributed by atoms with E-state index in [1.807, 2.05) is 0 Å². The molecule has 0 aliphatic rings. The summed E-state index contributed by atoms with van der Waals surface area (Å²) in [6.45, 7) is -0.748. The van der Waals surface area contributed by atoms with Crippen molar-refractivity contribution in [1.29, 1.82) is 0 Å². The first kappa shape index (κ1) is 25.5. The number of carbonyl (C=O) groups is 2. The Kier molecular flexibility index (Phi) is 7.57. The number of nitrogens with one attached hydrogen (secondary N) is 2. The summed E-state index contributed by atoms with van der Waals surface area (Å²) in [7, 11) is 0. The van der Waals surface area contributed by atoms with E-state index >= 15 is 0 Å². The molecule has 13 heteroatoms. The highest BCUT2D eigenvalue weighted by molar-refractivity contribution is 5.85. The molecule has 2 N–H and O–H groups in total. The van der Waals surface area contributed by atoms with Crippen molar-refractivity contribution in [2.45, 2.75) is 25.6 Å². The molecule has 0 atom stereocenters. The molecule has 0 bridgehead atoms. The van der Waals surface area contributed by atoms with E-state index in [-0.39, 0.29) is 36.1 Å². The molecule has 186 valence electrons. The van der Waals surface area contributed by atoms with Crippen LogP contribution in [0.3, 0.4) is 0 Å². The van der Waals surface area contributed by atoms with Crippen molar-refractivity contribution in [2.24, 2.45) is 0 Å². The average Bonchev–Trinajstić information content (AvgIpc) is 3.23. The predicted octanol–water partition coefficient (Wildman–Crippen LogP) is 6.81. The number of hydrogen-bond donors (Lipinski definition) is 2. The maximum absolute atomic E-state index is 12.7. The molecule has 3 rings (SSSR count). The van der Waals surface area contributed by atoms with E-state index in [2.05, 4.69) is 10.6 Å². The number of amides is 2. The Morgan fingerprint density at radius 2 is 1.09 bits per heavy atom. The van der Waals surface area contributed by atoms with Gasteiger partial charge in [-0.2, -0.15) is 26.3 Å². The second-order valence-corrected chi connectivity index (χ2v) is 6.93. The molecular weight excluding hydrogens is 486 g/mol. The monoisotopic (exact) mass is 502 g/mol. The largest absolute Gasteiger partial charge is 0.459 e. The van der Waals surface area contributed by atoms with Crippen LogP contribution in [0.4, 0.5) is 47.3 Å². The predicted molar refractivity (Wildman–Crippen MR) is 109 cm³/mol. The maximum atomic E-state index is 12.7. The molecule has 7 nitrogen and oxygen atoms in total. The fourth-order valence-electron chi connectivity index (χ4n) is 2.71. The maximum Gasteiger partial charge on any atom is 0.416 e. The molecule has 0 aliphatic carbocycles. The van der Waals surface area contributed by atoms with E-state index in [4.69, 9.17) is 13.9 Å². The molecular formula is C22H16F6N2O5. The third kappa shape index (κ3) is 7.69. The van der Waals surface area contributed by atoms with Gasteiger partial charge in [-0.1, -0.05) is 12.1 Å². The topological polar surface area (TPSA) is 89.8 Å². The van der Waals surface area contributed by atoms with Crippen LogP contribution in [-0.2, 0) is 35.0 Å². The summed E-state index contributed by atoms with van der Waals surface area (Å²) in [4.78, 5) is 23.6. The van der Waals surface area contributed by atoms with Crippen LogP contribution < -0.4 is 10.6 Å². The van der Waals surface area contributed by atoms with Gasteiger partial charge in [0.15, 0.2) is 13.2 Å². The summed E-state index contributed by atoms with van der Waals surface area (Å²) in [5.41, 5.74) is -2.12. The number of rotatable bonds is 6. The minimum Gasteiger partial charge on any atom is -0.459 e. The minimum atomic E-state index is -4.57. The zero-order valence-corrected chi connectivity index (χ0v) is 17.5. The van der Waals surface area contributed by atoms with Gasteiger partial charge in [-0.15, -0.1) is 0 Å². The van der Waals surface area contributed by atoms with Crippen LogP contribution in [0.2, 0.25) is 0 Å². The van der Waals surface area contributed by atoms with Crippen LogP contribution in [0, 0.1) is 0 Å². The van der Waals surface area contributed by atoms with Crippen molar-refractivity contribution < 1.29 is 49.8 Å². The van der Waals surface area contributed by atoms with Crippen LogP contribution in [0.1, 0.15) is 22.6 Å². The first-order chi connectivity index (χ1) is 16.4. The zero-order valence-electron chi connectivity index (χ0n) is 17.5. The second kappa shape index (κ2) is 10.4. The normalized spacial score (nSPS) is 11.6. The number of halogens is 6. The molecule has 0 saturated heterocycles. The molecule has 0 fully saturated rings. The van der Waals surface area contributed by atoms with Crippen LogP contribution in [-0.4, -0.2) is 12.2 Å². The van der Waals surface area contributed by atoms with Gasteiger partial charge in [-0.25, -0.2) is 9.59 Å². The summed E-state index contributed by atoms with van der Waals surface area (Å²) in [5.74, 6) is 0.280. The molecule has 0 saturated carbocycles. The molecule has 0 radical (unpaired) electrons. The van der Waals surface area contributed by atoms with E-state index in [9.17, 15) is 35.9 Å². The van der Waals surface area contributed by atoms with Crippen molar-refractivity contribution in [2.75, 3.05) is 10.6 Å². The van der Waals surface area contributed by atoms with Crippen molar-refractivity contribution in [3.63, 3.8) is 0 Å². The van der Waals surface area contributed by atoms with Crippen LogP contribution in [0.25, 0.3) is 0 Å². The molecule has 0 aliphatic heterocycles. The Morgan fingerprint density at radius 1 is 0.686 bits per heavy atom. The van der Waals surface area contributed by atoms with Gasteiger partial charge in [0.2, 0.25) is 0 Å². The van der Waals surface area contributed by atoms with Gasteiger partial charge in [0.25, 0.3) is 0 Å². The van der Waals surface area contributed by atoms with Gasteiger partial charge in [-0.05, 0) is 48.5 Å². The van der Waals surface area contributed by atoms with Crippen LogP contribution in [0.15, 0.2) is 65.1 Å². The Balaban J connectivity index is 1.45. The van der Waals surface area contributed by atoms with E-state index in [0.29, 0.717) is 0 Å². The molecule has 1 heterocycles. The lowest BCUT2D eigenvalue weighted by Gasteiger charge is -2.10. The van der Waals surface area contributed by atoms with Gasteiger partial charge in [0, 0.05) is 11.4 Å². The summed E-state index contributed by atoms with van der Waals surface area (Å²) < 4.78 is 91.4. The smallest absolute Gasteiger partial charge is 0.416 e. The molecule has 35 heavy (non-hydrogen) atoms. The Labute approximate surface area is 193 Å². The third-order valence-electron chi connectivity index (χ3n) is 4.28. The molecule has 1 aromatic heterocycles. The van der Waals surface area contributed by atoms with Gasteiger partial charge in [0.05, 0.1) is 11.1 Å². The Bertz CT molecular complexity index is 1100. The first-order valence-electron chi connectivity index (χ1n) is 9.70. The van der Waals surface area contributed by atoms with Gasteiger partial charge < -0.3 is 13.9 Å². The Hall–Kier alpha value is -4.16.